The summed E-state index contributed by atoms with van der Waals surface area (Å²) < 4.78 is 4.33. The summed E-state index contributed by atoms with van der Waals surface area (Å²) in [5.41, 5.74) is 2.44. The molecule has 2 rings (SSSR count). The molecule has 0 amide bonds. The van der Waals surface area contributed by atoms with E-state index in [1.54, 1.807) is 0 Å². The van der Waals surface area contributed by atoms with Gasteiger partial charge in [0.05, 0.1) is 0 Å². The van der Waals surface area contributed by atoms with Crippen molar-refractivity contribution < 1.29 is 0 Å². The van der Waals surface area contributed by atoms with Gasteiger partial charge < -0.3 is 9.80 Å². The summed E-state index contributed by atoms with van der Waals surface area (Å²) >= 11 is 1.44. The molecule has 1 heterocycles. The Morgan fingerprint density at radius 1 is 1.05 bits per heavy atom. The molecule has 0 fully saturated rings. The summed E-state index contributed by atoms with van der Waals surface area (Å²) in [6, 6.07) is 8.98. The molecule has 19 heavy (non-hydrogen) atoms. The van der Waals surface area contributed by atoms with E-state index in [1.165, 1.54) is 17.1 Å². The van der Waals surface area contributed by atoms with Crippen molar-refractivity contribution in [1.29, 1.82) is 0 Å². The average molecular weight is 276 g/mol. The molecule has 0 spiro atoms. The highest BCUT2D eigenvalue weighted by atomic mass is 32.1. The monoisotopic (exact) mass is 276 g/mol. The third-order valence-electron chi connectivity index (χ3n) is 3.23. The van der Waals surface area contributed by atoms with Crippen molar-refractivity contribution in [2.75, 3.05) is 33.1 Å². The molecule has 1 aromatic heterocycles. The Morgan fingerprint density at radius 2 is 1.68 bits per heavy atom. The summed E-state index contributed by atoms with van der Waals surface area (Å²) in [7, 11) is 8.08. The standard InChI is InChI=1S/C14H20N4S/c1-10(17(2)3)11-6-8-12(9-7-11)13-15-14(16-19-13)18(4)5/h6-10H,1-5H3. The van der Waals surface area contributed by atoms with Gasteiger partial charge in [0.25, 0.3) is 0 Å². The summed E-state index contributed by atoms with van der Waals surface area (Å²) in [6.45, 7) is 2.20. The number of hydrogen-bond acceptors (Lipinski definition) is 5. The SMILES string of the molecule is CC(c1ccc(-c2nc(N(C)C)ns2)cc1)N(C)C. The fourth-order valence-electron chi connectivity index (χ4n) is 1.72. The van der Waals surface area contributed by atoms with Crippen molar-refractivity contribution in [3.8, 4) is 10.6 Å². The Labute approximate surface area is 118 Å². The number of aromatic nitrogens is 2. The van der Waals surface area contributed by atoms with Crippen LogP contribution in [0.15, 0.2) is 24.3 Å². The van der Waals surface area contributed by atoms with E-state index in [0.29, 0.717) is 6.04 Å². The number of nitrogens with zero attached hydrogens (tertiary/aromatic N) is 4. The maximum atomic E-state index is 4.51. The first-order chi connectivity index (χ1) is 8.99. The molecule has 1 unspecified atom stereocenters. The van der Waals surface area contributed by atoms with Crippen LogP contribution < -0.4 is 4.90 Å². The lowest BCUT2D eigenvalue weighted by Gasteiger charge is -2.20. The van der Waals surface area contributed by atoms with Crippen LogP contribution in [0.2, 0.25) is 0 Å². The zero-order chi connectivity index (χ0) is 14.0. The summed E-state index contributed by atoms with van der Waals surface area (Å²) in [4.78, 5) is 8.63. The smallest absolute Gasteiger partial charge is 0.237 e. The molecule has 0 saturated carbocycles. The number of rotatable bonds is 4. The van der Waals surface area contributed by atoms with Gasteiger partial charge >= 0.3 is 0 Å². The quantitative estimate of drug-likeness (QED) is 0.859. The summed E-state index contributed by atoms with van der Waals surface area (Å²) in [6.07, 6.45) is 0. The number of benzene rings is 1. The topological polar surface area (TPSA) is 32.3 Å². The lowest BCUT2D eigenvalue weighted by Crippen LogP contribution is -2.16. The minimum Gasteiger partial charge on any atom is -0.346 e. The second kappa shape index (κ2) is 5.67. The lowest BCUT2D eigenvalue weighted by atomic mass is 10.1. The largest absolute Gasteiger partial charge is 0.346 e. The van der Waals surface area contributed by atoms with Crippen molar-refractivity contribution in [2.45, 2.75) is 13.0 Å². The second-order valence-electron chi connectivity index (χ2n) is 5.06. The molecular formula is C14H20N4S. The van der Waals surface area contributed by atoms with Crippen LogP contribution in [0, 0.1) is 0 Å². The van der Waals surface area contributed by atoms with E-state index in [2.05, 4.69) is 59.5 Å². The van der Waals surface area contributed by atoms with Gasteiger partial charge in [-0.2, -0.15) is 9.36 Å². The molecule has 0 aliphatic heterocycles. The molecule has 5 heteroatoms. The molecule has 102 valence electrons. The maximum absolute atomic E-state index is 4.51. The van der Waals surface area contributed by atoms with E-state index >= 15 is 0 Å². The fraction of sp³-hybridized carbons (Fsp3) is 0.429. The van der Waals surface area contributed by atoms with Gasteiger partial charge in [-0.05, 0) is 38.1 Å². The molecule has 4 nitrogen and oxygen atoms in total. The Hall–Kier alpha value is -1.46. The Morgan fingerprint density at radius 3 is 2.16 bits per heavy atom. The molecule has 0 aliphatic rings. The predicted molar refractivity (Wildman–Crippen MR) is 81.8 cm³/mol. The fourth-order valence-corrected chi connectivity index (χ4v) is 2.45. The van der Waals surface area contributed by atoms with Gasteiger partial charge in [-0.1, -0.05) is 24.3 Å². The van der Waals surface area contributed by atoms with Crippen LogP contribution in [0.1, 0.15) is 18.5 Å². The molecule has 0 radical (unpaired) electrons. The van der Waals surface area contributed by atoms with Crippen LogP contribution in [0.25, 0.3) is 10.6 Å². The van der Waals surface area contributed by atoms with Crippen molar-refractivity contribution in [2.24, 2.45) is 0 Å². The van der Waals surface area contributed by atoms with Gasteiger partial charge in [-0.3, -0.25) is 0 Å². The average Bonchev–Trinajstić information content (AvgIpc) is 2.87. The molecule has 1 atom stereocenters. The lowest BCUT2D eigenvalue weighted by molar-refractivity contribution is 0.321. The van der Waals surface area contributed by atoms with E-state index in [9.17, 15) is 0 Å². The van der Waals surface area contributed by atoms with Crippen LogP contribution in [0.5, 0.6) is 0 Å². The van der Waals surface area contributed by atoms with Crippen LogP contribution in [0.3, 0.4) is 0 Å². The van der Waals surface area contributed by atoms with E-state index in [1.807, 2.05) is 19.0 Å². The van der Waals surface area contributed by atoms with Crippen molar-refractivity contribution in [3.63, 3.8) is 0 Å². The molecule has 2 aromatic rings. The van der Waals surface area contributed by atoms with Crippen molar-refractivity contribution >= 4 is 17.5 Å². The van der Waals surface area contributed by atoms with Crippen LogP contribution in [-0.2, 0) is 0 Å². The third kappa shape index (κ3) is 3.11. The van der Waals surface area contributed by atoms with Crippen LogP contribution in [0.4, 0.5) is 5.95 Å². The van der Waals surface area contributed by atoms with Crippen molar-refractivity contribution in [1.82, 2.24) is 14.3 Å². The van der Waals surface area contributed by atoms with Gasteiger partial charge in [0.15, 0.2) is 0 Å². The van der Waals surface area contributed by atoms with Gasteiger partial charge in [-0.25, -0.2) is 0 Å². The Balaban J connectivity index is 2.22. The molecule has 0 N–H and O–H groups in total. The first-order valence-corrected chi connectivity index (χ1v) is 7.04. The van der Waals surface area contributed by atoms with Gasteiger partial charge in [0.2, 0.25) is 5.95 Å². The highest BCUT2D eigenvalue weighted by molar-refractivity contribution is 7.09. The van der Waals surface area contributed by atoms with E-state index < -0.39 is 0 Å². The Kier molecular flexibility index (Phi) is 4.17. The molecule has 0 bridgehead atoms. The second-order valence-corrected chi connectivity index (χ2v) is 5.81. The van der Waals surface area contributed by atoms with Gasteiger partial charge in [0, 0.05) is 25.7 Å². The number of anilines is 1. The van der Waals surface area contributed by atoms with Crippen LogP contribution >= 0.6 is 11.5 Å². The van der Waals surface area contributed by atoms with Gasteiger partial charge in [-0.15, -0.1) is 0 Å². The minimum absolute atomic E-state index is 0.417. The molecule has 1 aromatic carbocycles. The first kappa shape index (κ1) is 14.0. The molecule has 0 aliphatic carbocycles. The van der Waals surface area contributed by atoms with Crippen molar-refractivity contribution in [3.05, 3.63) is 29.8 Å². The molecular weight excluding hydrogens is 256 g/mol. The maximum Gasteiger partial charge on any atom is 0.237 e. The Bertz CT molecular complexity index is 531. The number of hydrogen-bond donors (Lipinski definition) is 0. The first-order valence-electron chi connectivity index (χ1n) is 6.27. The predicted octanol–water partition coefficient (Wildman–Crippen LogP) is 2.89. The minimum atomic E-state index is 0.417. The highest BCUT2D eigenvalue weighted by Crippen LogP contribution is 2.26. The zero-order valence-electron chi connectivity index (χ0n) is 12.1. The normalized spacial score (nSPS) is 12.7. The summed E-state index contributed by atoms with van der Waals surface area (Å²) in [5, 5.41) is 0.966. The van der Waals surface area contributed by atoms with E-state index in [4.69, 9.17) is 0 Å². The zero-order valence-corrected chi connectivity index (χ0v) is 12.9. The van der Waals surface area contributed by atoms with E-state index in [0.717, 1.165) is 16.5 Å². The van der Waals surface area contributed by atoms with Gasteiger partial charge in [0.1, 0.15) is 5.01 Å². The van der Waals surface area contributed by atoms with Crippen LogP contribution in [-0.4, -0.2) is 42.4 Å². The molecule has 0 saturated heterocycles. The third-order valence-corrected chi connectivity index (χ3v) is 3.98. The summed E-state index contributed by atoms with van der Waals surface area (Å²) in [5.74, 6) is 0.769. The highest BCUT2D eigenvalue weighted by Gasteiger charge is 2.10. The van der Waals surface area contributed by atoms with E-state index in [-0.39, 0.29) is 0 Å².